The fourth-order valence-electron chi connectivity index (χ4n) is 2.34. The molecule has 0 spiro atoms. The third-order valence-corrected chi connectivity index (χ3v) is 4.64. The first-order valence-electron chi connectivity index (χ1n) is 7.35. The van der Waals surface area contributed by atoms with Crippen LogP contribution in [0.25, 0.3) is 0 Å². The van der Waals surface area contributed by atoms with Crippen molar-refractivity contribution in [2.75, 3.05) is 25.1 Å². The van der Waals surface area contributed by atoms with E-state index in [-0.39, 0.29) is 0 Å². The van der Waals surface area contributed by atoms with E-state index in [1.54, 1.807) is 30.0 Å². The number of ether oxygens (including phenoxy) is 1. The number of thioether (sulfide) groups is 1. The van der Waals surface area contributed by atoms with E-state index in [1.165, 1.54) is 4.90 Å². The summed E-state index contributed by atoms with van der Waals surface area (Å²) in [5, 5.41) is 0. The molecule has 0 saturated carbocycles. The van der Waals surface area contributed by atoms with Gasteiger partial charge in [0.1, 0.15) is 11.5 Å². The van der Waals surface area contributed by atoms with Gasteiger partial charge in [0.15, 0.2) is 0 Å². The molecule has 5 nitrogen and oxygen atoms in total. The molecule has 0 bridgehead atoms. The lowest BCUT2D eigenvalue weighted by Gasteiger charge is -2.18. The molecule has 0 aliphatic heterocycles. The van der Waals surface area contributed by atoms with Crippen LogP contribution in [0.5, 0.6) is 11.5 Å². The highest BCUT2D eigenvalue weighted by Crippen LogP contribution is 2.31. The summed E-state index contributed by atoms with van der Waals surface area (Å²) in [6.45, 7) is 2.69. The maximum Gasteiger partial charge on any atom is 0.132 e. The number of nitrogens with zero attached hydrogens (tertiary/aromatic N) is 1. The van der Waals surface area contributed by atoms with Crippen LogP contribution in [0.1, 0.15) is 11.1 Å². The summed E-state index contributed by atoms with van der Waals surface area (Å²) in [5.74, 6) is 1.47. The van der Waals surface area contributed by atoms with Crippen LogP contribution in [-0.4, -0.2) is 34.0 Å². The Morgan fingerprint density at radius 2 is 2.00 bits per heavy atom. The van der Waals surface area contributed by atoms with E-state index in [1.807, 2.05) is 43.5 Å². The number of nitrogens with one attached hydrogen (secondary N) is 1. The summed E-state index contributed by atoms with van der Waals surface area (Å²) < 4.78 is 30.0. The summed E-state index contributed by atoms with van der Waals surface area (Å²) in [5.41, 5.74) is 2.58. The third kappa shape index (κ3) is 5.24. The van der Waals surface area contributed by atoms with E-state index in [0.29, 0.717) is 18.0 Å². The van der Waals surface area contributed by atoms with Crippen molar-refractivity contribution in [1.82, 2.24) is 4.90 Å². The Hall–Kier alpha value is -1.54. The van der Waals surface area contributed by atoms with Crippen molar-refractivity contribution in [3.05, 3.63) is 47.5 Å². The van der Waals surface area contributed by atoms with Gasteiger partial charge in [-0.1, -0.05) is 0 Å². The molecule has 24 heavy (non-hydrogen) atoms. The smallest absolute Gasteiger partial charge is 0.132 e. The molecular weight excluding hydrogens is 344 g/mol. The first-order valence-corrected chi connectivity index (χ1v) is 9.65. The lowest BCUT2D eigenvalue weighted by Crippen LogP contribution is -2.12. The van der Waals surface area contributed by atoms with Crippen molar-refractivity contribution in [2.24, 2.45) is 0 Å². The normalized spacial score (nSPS) is 12.2. The molecule has 1 N–H and O–H groups in total. The first-order chi connectivity index (χ1) is 11.4. The molecule has 2 aromatic rings. The Morgan fingerprint density at radius 1 is 1.25 bits per heavy atom. The van der Waals surface area contributed by atoms with Crippen molar-refractivity contribution in [3.8, 4) is 11.5 Å². The van der Waals surface area contributed by atoms with Crippen LogP contribution < -0.4 is 9.46 Å². The van der Waals surface area contributed by atoms with Crippen LogP contribution >= 0.6 is 11.8 Å². The van der Waals surface area contributed by atoms with Gasteiger partial charge in [0.25, 0.3) is 0 Å². The summed E-state index contributed by atoms with van der Waals surface area (Å²) >= 11 is -0.645. The van der Waals surface area contributed by atoms with E-state index < -0.39 is 11.3 Å². The molecule has 0 amide bonds. The highest BCUT2D eigenvalue weighted by molar-refractivity contribution is 7.98. The minimum atomic E-state index is -2.35. The van der Waals surface area contributed by atoms with Crippen molar-refractivity contribution >= 4 is 28.7 Å². The minimum Gasteiger partial charge on any atom is -0.755 e. The number of aryl methyl sites for hydroxylation is 1. The second kappa shape index (κ2) is 8.53. The zero-order valence-electron chi connectivity index (χ0n) is 14.2. The molecule has 0 heterocycles. The van der Waals surface area contributed by atoms with E-state index in [9.17, 15) is 8.76 Å². The topological polar surface area (TPSA) is 64.6 Å². The summed E-state index contributed by atoms with van der Waals surface area (Å²) in [6.07, 6.45) is 2.05. The van der Waals surface area contributed by atoms with Crippen LogP contribution in [0.3, 0.4) is 0 Å². The molecule has 7 heteroatoms. The maximum atomic E-state index is 10.8. The van der Waals surface area contributed by atoms with E-state index >= 15 is 0 Å². The zero-order valence-corrected chi connectivity index (χ0v) is 15.8. The van der Waals surface area contributed by atoms with E-state index in [0.717, 1.165) is 16.9 Å². The first kappa shape index (κ1) is 18.8. The molecule has 2 aromatic carbocycles. The van der Waals surface area contributed by atoms with Gasteiger partial charge in [0, 0.05) is 34.0 Å². The molecule has 0 saturated heterocycles. The highest BCUT2D eigenvalue weighted by Gasteiger charge is 2.09. The predicted molar refractivity (Wildman–Crippen MR) is 99.4 cm³/mol. The maximum absolute atomic E-state index is 10.8. The molecule has 0 aliphatic rings. The standard InChI is InChI=1S/C17H22N2O3S2/c1-12-9-15(6-8-17(12)23-4)22-16-7-5-14(18-24(20)21)10-13(16)11-19(2)3/h5-10,18H,11H2,1-4H3,(H,20,21)/p-1. The number of anilines is 1. The van der Waals surface area contributed by atoms with Crippen LogP contribution in [0.4, 0.5) is 5.69 Å². The predicted octanol–water partition coefficient (Wildman–Crippen LogP) is 3.78. The van der Waals surface area contributed by atoms with Crippen LogP contribution in [0, 0.1) is 6.92 Å². The molecule has 130 valence electrons. The number of hydrogen-bond acceptors (Lipinski definition) is 5. The number of rotatable bonds is 7. The minimum absolute atomic E-state index is 0.515. The van der Waals surface area contributed by atoms with Gasteiger partial charge in [-0.05, 0) is 69.2 Å². The van der Waals surface area contributed by atoms with Crippen LogP contribution in [0.15, 0.2) is 41.3 Å². The van der Waals surface area contributed by atoms with Gasteiger partial charge in [-0.2, -0.15) is 0 Å². The Bertz CT molecular complexity index is 736. The Labute approximate surface area is 149 Å². The van der Waals surface area contributed by atoms with Gasteiger partial charge in [-0.25, -0.2) is 0 Å². The van der Waals surface area contributed by atoms with Crippen molar-refractivity contribution < 1.29 is 13.5 Å². The molecule has 1 atom stereocenters. The fraction of sp³-hybridized carbons (Fsp3) is 0.294. The fourth-order valence-corrected chi connectivity index (χ4v) is 3.25. The van der Waals surface area contributed by atoms with Crippen LogP contribution in [0.2, 0.25) is 0 Å². The largest absolute Gasteiger partial charge is 0.755 e. The van der Waals surface area contributed by atoms with Gasteiger partial charge in [-0.3, -0.25) is 4.21 Å². The van der Waals surface area contributed by atoms with E-state index in [2.05, 4.69) is 11.6 Å². The third-order valence-electron chi connectivity index (χ3n) is 3.34. The summed E-state index contributed by atoms with van der Waals surface area (Å²) in [7, 11) is 3.90. The second-order valence-electron chi connectivity index (χ2n) is 5.63. The zero-order chi connectivity index (χ0) is 17.7. The van der Waals surface area contributed by atoms with Gasteiger partial charge in [0.2, 0.25) is 0 Å². The van der Waals surface area contributed by atoms with Crippen molar-refractivity contribution in [1.29, 1.82) is 0 Å². The van der Waals surface area contributed by atoms with Gasteiger partial charge in [-0.15, -0.1) is 11.8 Å². The second-order valence-corrected chi connectivity index (χ2v) is 7.15. The lowest BCUT2D eigenvalue weighted by atomic mass is 10.1. The van der Waals surface area contributed by atoms with Crippen LogP contribution in [-0.2, 0) is 17.8 Å². The molecular formula is C17H21N2O3S2-. The number of benzene rings is 2. The monoisotopic (exact) mass is 365 g/mol. The summed E-state index contributed by atoms with van der Waals surface area (Å²) in [6, 6.07) is 11.2. The Balaban J connectivity index is 2.30. The molecule has 0 fully saturated rings. The van der Waals surface area contributed by atoms with Crippen molar-refractivity contribution in [3.63, 3.8) is 0 Å². The molecule has 1 unspecified atom stereocenters. The molecule has 0 radical (unpaired) electrons. The Kier molecular flexibility index (Phi) is 6.68. The van der Waals surface area contributed by atoms with E-state index in [4.69, 9.17) is 4.74 Å². The average Bonchev–Trinajstić information content (AvgIpc) is 2.49. The lowest BCUT2D eigenvalue weighted by molar-refractivity contribution is 0.388. The SMILES string of the molecule is CSc1ccc(Oc2ccc(NS(=O)[O-])cc2CN(C)C)cc1C. The molecule has 0 aromatic heterocycles. The number of hydrogen-bond donors (Lipinski definition) is 1. The summed E-state index contributed by atoms with van der Waals surface area (Å²) in [4.78, 5) is 3.22. The molecule has 0 aliphatic carbocycles. The van der Waals surface area contributed by atoms with Gasteiger partial charge in [0.05, 0.1) is 0 Å². The van der Waals surface area contributed by atoms with Crippen molar-refractivity contribution in [2.45, 2.75) is 18.4 Å². The van der Waals surface area contributed by atoms with Gasteiger partial charge < -0.3 is 18.9 Å². The average molecular weight is 366 g/mol. The Morgan fingerprint density at radius 3 is 2.58 bits per heavy atom. The van der Waals surface area contributed by atoms with Gasteiger partial charge >= 0.3 is 0 Å². The molecule has 2 rings (SSSR count). The quantitative estimate of drug-likeness (QED) is 0.597. The highest BCUT2D eigenvalue weighted by atomic mass is 32.2.